The molecule has 0 spiro atoms. The number of likely N-dealkylation sites (tertiary alicyclic amines) is 1. The topological polar surface area (TPSA) is 58.4 Å². The second-order valence-corrected chi connectivity index (χ2v) is 6.61. The summed E-state index contributed by atoms with van der Waals surface area (Å²) in [7, 11) is 1.80. The van der Waals surface area contributed by atoms with Crippen molar-refractivity contribution in [2.45, 2.75) is 52.0 Å². The Labute approximate surface area is 118 Å². The largest absolute Gasteiger partial charge is 0.368 e. The number of hydrogen-bond acceptors (Lipinski definition) is 3. The van der Waals surface area contributed by atoms with Crippen molar-refractivity contribution in [3.63, 3.8) is 0 Å². The van der Waals surface area contributed by atoms with Gasteiger partial charge in [-0.2, -0.15) is 0 Å². The van der Waals surface area contributed by atoms with Crippen molar-refractivity contribution >= 4 is 5.91 Å². The molecule has 0 bridgehead atoms. The predicted octanol–water partition coefficient (Wildman–Crippen LogP) is 1.60. The van der Waals surface area contributed by atoms with Crippen molar-refractivity contribution in [3.05, 3.63) is 0 Å². The Bertz CT molecular complexity index is 285. The van der Waals surface area contributed by atoms with Crippen LogP contribution in [0.4, 0.5) is 0 Å². The zero-order valence-electron chi connectivity index (χ0n) is 13.0. The maximum Gasteiger partial charge on any atom is 0.237 e. The molecule has 4 heteroatoms. The van der Waals surface area contributed by atoms with Gasteiger partial charge in [0.15, 0.2) is 0 Å². The second kappa shape index (κ2) is 7.25. The number of rotatable bonds is 7. The van der Waals surface area contributed by atoms with Gasteiger partial charge in [-0.05, 0) is 58.0 Å². The van der Waals surface area contributed by atoms with E-state index < -0.39 is 5.54 Å². The maximum atomic E-state index is 11.4. The van der Waals surface area contributed by atoms with Crippen LogP contribution in [0.5, 0.6) is 0 Å². The summed E-state index contributed by atoms with van der Waals surface area (Å²) >= 11 is 0. The van der Waals surface area contributed by atoms with E-state index in [1.807, 2.05) is 6.92 Å². The molecule has 1 saturated heterocycles. The van der Waals surface area contributed by atoms with Gasteiger partial charge in [0.2, 0.25) is 5.91 Å². The molecule has 1 heterocycles. The van der Waals surface area contributed by atoms with Gasteiger partial charge in [-0.15, -0.1) is 0 Å². The number of carbonyl (C=O) groups excluding carboxylic acids is 1. The molecule has 0 aliphatic carbocycles. The number of nitrogens with one attached hydrogen (secondary N) is 1. The fourth-order valence-corrected chi connectivity index (χ4v) is 3.16. The van der Waals surface area contributed by atoms with Gasteiger partial charge in [0, 0.05) is 13.1 Å². The number of unbranched alkanes of at least 4 members (excludes halogenated alkanes) is 1. The van der Waals surface area contributed by atoms with E-state index in [0.717, 1.165) is 37.6 Å². The van der Waals surface area contributed by atoms with Crippen molar-refractivity contribution in [1.82, 2.24) is 10.2 Å². The molecule has 0 aromatic carbocycles. The molecule has 1 rings (SSSR count). The molecule has 3 atom stereocenters. The van der Waals surface area contributed by atoms with Crippen molar-refractivity contribution in [3.8, 4) is 0 Å². The minimum Gasteiger partial charge on any atom is -0.368 e. The lowest BCUT2D eigenvalue weighted by atomic mass is 9.91. The third-order valence-corrected chi connectivity index (χ3v) is 4.44. The summed E-state index contributed by atoms with van der Waals surface area (Å²) in [5, 5.41) is 3.04. The van der Waals surface area contributed by atoms with Gasteiger partial charge >= 0.3 is 0 Å². The first-order valence-corrected chi connectivity index (χ1v) is 7.58. The Morgan fingerprint density at radius 1 is 1.32 bits per heavy atom. The molecule has 3 N–H and O–H groups in total. The Morgan fingerprint density at radius 2 is 1.89 bits per heavy atom. The van der Waals surface area contributed by atoms with Crippen LogP contribution >= 0.6 is 0 Å². The SMILES string of the molecule is CNC(C)(CCCCN1CC(C)CC(C)C1)C(N)=O. The third-order valence-electron chi connectivity index (χ3n) is 4.44. The third kappa shape index (κ3) is 5.11. The number of nitrogens with two attached hydrogens (primary N) is 1. The van der Waals surface area contributed by atoms with E-state index in [-0.39, 0.29) is 5.91 Å². The fourth-order valence-electron chi connectivity index (χ4n) is 3.16. The second-order valence-electron chi connectivity index (χ2n) is 6.61. The highest BCUT2D eigenvalue weighted by molar-refractivity contribution is 5.84. The van der Waals surface area contributed by atoms with E-state index in [1.165, 1.54) is 19.5 Å². The van der Waals surface area contributed by atoms with Crippen LogP contribution in [0.1, 0.15) is 46.5 Å². The van der Waals surface area contributed by atoms with Crippen molar-refractivity contribution in [2.24, 2.45) is 17.6 Å². The summed E-state index contributed by atoms with van der Waals surface area (Å²) in [6.07, 6.45) is 4.36. The molecule has 1 aliphatic rings. The first-order chi connectivity index (χ1) is 8.87. The van der Waals surface area contributed by atoms with Gasteiger partial charge in [0.05, 0.1) is 5.54 Å². The van der Waals surface area contributed by atoms with Crippen LogP contribution in [0, 0.1) is 11.8 Å². The molecule has 112 valence electrons. The molecule has 1 aliphatic heterocycles. The van der Waals surface area contributed by atoms with Gasteiger partial charge in [-0.3, -0.25) is 4.79 Å². The molecule has 4 nitrogen and oxygen atoms in total. The Balaban J connectivity index is 2.25. The lowest BCUT2D eigenvalue weighted by molar-refractivity contribution is -0.123. The van der Waals surface area contributed by atoms with E-state index in [2.05, 4.69) is 24.1 Å². The van der Waals surface area contributed by atoms with Crippen LogP contribution in [-0.4, -0.2) is 43.0 Å². The van der Waals surface area contributed by atoms with Gasteiger partial charge in [-0.25, -0.2) is 0 Å². The summed E-state index contributed by atoms with van der Waals surface area (Å²) in [4.78, 5) is 14.0. The number of primary amides is 1. The monoisotopic (exact) mass is 269 g/mol. The fraction of sp³-hybridized carbons (Fsp3) is 0.933. The van der Waals surface area contributed by atoms with Crippen LogP contribution in [0.3, 0.4) is 0 Å². The van der Waals surface area contributed by atoms with Crippen LogP contribution < -0.4 is 11.1 Å². The molecule has 1 fully saturated rings. The van der Waals surface area contributed by atoms with E-state index in [9.17, 15) is 4.79 Å². The van der Waals surface area contributed by atoms with E-state index in [0.29, 0.717) is 0 Å². The van der Waals surface area contributed by atoms with E-state index in [4.69, 9.17) is 5.73 Å². The molecule has 0 aromatic rings. The number of hydrogen-bond donors (Lipinski definition) is 2. The quantitative estimate of drug-likeness (QED) is 0.690. The Hall–Kier alpha value is -0.610. The summed E-state index contributed by atoms with van der Waals surface area (Å²) in [6, 6.07) is 0. The molecule has 0 radical (unpaired) electrons. The normalized spacial score (nSPS) is 28.0. The predicted molar refractivity (Wildman–Crippen MR) is 79.9 cm³/mol. The highest BCUT2D eigenvalue weighted by atomic mass is 16.1. The number of likely N-dealkylation sites (N-methyl/N-ethyl adjacent to an activating group) is 1. The molecular weight excluding hydrogens is 238 g/mol. The lowest BCUT2D eigenvalue weighted by Gasteiger charge is -2.35. The minimum absolute atomic E-state index is 0.254. The molecule has 0 saturated carbocycles. The van der Waals surface area contributed by atoms with Gasteiger partial charge < -0.3 is 16.0 Å². The minimum atomic E-state index is -0.553. The zero-order chi connectivity index (χ0) is 14.5. The van der Waals surface area contributed by atoms with Crippen molar-refractivity contribution < 1.29 is 4.79 Å². The van der Waals surface area contributed by atoms with Crippen LogP contribution in [0.15, 0.2) is 0 Å². The van der Waals surface area contributed by atoms with Crippen LogP contribution in [-0.2, 0) is 4.79 Å². The standard InChI is InChI=1S/C15H31N3O/c1-12-9-13(2)11-18(10-12)8-6-5-7-15(3,17-4)14(16)19/h12-13,17H,5-11H2,1-4H3,(H2,16,19). The van der Waals surface area contributed by atoms with Crippen molar-refractivity contribution in [1.29, 1.82) is 0 Å². The summed E-state index contributed by atoms with van der Waals surface area (Å²) < 4.78 is 0. The summed E-state index contributed by atoms with van der Waals surface area (Å²) in [5.74, 6) is 1.38. The van der Waals surface area contributed by atoms with Crippen molar-refractivity contribution in [2.75, 3.05) is 26.7 Å². The Kier molecular flexibility index (Phi) is 6.27. The highest BCUT2D eigenvalue weighted by Crippen LogP contribution is 2.21. The maximum absolute atomic E-state index is 11.4. The smallest absolute Gasteiger partial charge is 0.237 e. The number of piperidine rings is 1. The molecule has 0 aromatic heterocycles. The number of nitrogens with zero attached hydrogens (tertiary/aromatic N) is 1. The first-order valence-electron chi connectivity index (χ1n) is 7.58. The highest BCUT2D eigenvalue weighted by Gasteiger charge is 2.28. The van der Waals surface area contributed by atoms with Gasteiger partial charge in [-0.1, -0.05) is 13.8 Å². The average Bonchev–Trinajstić information content (AvgIpc) is 2.33. The average molecular weight is 269 g/mol. The Morgan fingerprint density at radius 3 is 2.37 bits per heavy atom. The lowest BCUT2D eigenvalue weighted by Crippen LogP contribution is -2.51. The zero-order valence-corrected chi connectivity index (χ0v) is 13.0. The molecule has 1 amide bonds. The molecule has 19 heavy (non-hydrogen) atoms. The van der Waals surface area contributed by atoms with Gasteiger partial charge in [0.25, 0.3) is 0 Å². The summed E-state index contributed by atoms with van der Waals surface area (Å²) in [5.41, 5.74) is 4.88. The van der Waals surface area contributed by atoms with Gasteiger partial charge in [0.1, 0.15) is 0 Å². The van der Waals surface area contributed by atoms with E-state index >= 15 is 0 Å². The van der Waals surface area contributed by atoms with Crippen LogP contribution in [0.2, 0.25) is 0 Å². The van der Waals surface area contributed by atoms with E-state index in [1.54, 1.807) is 7.05 Å². The molecular formula is C15H31N3O. The molecule has 3 unspecified atom stereocenters. The number of carbonyl (C=O) groups is 1. The first kappa shape index (κ1) is 16.4. The number of amides is 1. The van der Waals surface area contributed by atoms with Crippen LogP contribution in [0.25, 0.3) is 0 Å². The summed E-state index contributed by atoms with van der Waals surface area (Å²) in [6.45, 7) is 10.2.